The molecule has 20 heavy (non-hydrogen) atoms. The van der Waals surface area contributed by atoms with Crippen LogP contribution in [0.4, 0.5) is 5.69 Å². The zero-order valence-electron chi connectivity index (χ0n) is 11.8. The van der Waals surface area contributed by atoms with Crippen LogP contribution in [0.15, 0.2) is 24.3 Å². The summed E-state index contributed by atoms with van der Waals surface area (Å²) in [5, 5.41) is 30.8. The van der Waals surface area contributed by atoms with Gasteiger partial charge in [0.25, 0.3) is 0 Å². The van der Waals surface area contributed by atoms with Crippen LogP contribution in [0.5, 0.6) is 0 Å². The van der Waals surface area contributed by atoms with Gasteiger partial charge in [0.15, 0.2) is 0 Å². The predicted octanol–water partition coefficient (Wildman–Crippen LogP) is 0.0921. The van der Waals surface area contributed by atoms with Crippen LogP contribution < -0.4 is 10.2 Å². The molecule has 0 atom stereocenters. The lowest BCUT2D eigenvalue weighted by atomic mass is 10.0. The topological polar surface area (TPSA) is 76.0 Å². The number of benzene rings is 1. The van der Waals surface area contributed by atoms with Crippen molar-refractivity contribution in [2.24, 2.45) is 0 Å². The van der Waals surface area contributed by atoms with Crippen molar-refractivity contribution >= 4 is 5.69 Å². The van der Waals surface area contributed by atoms with Gasteiger partial charge in [0.2, 0.25) is 0 Å². The van der Waals surface area contributed by atoms with Crippen molar-refractivity contribution in [1.82, 2.24) is 5.32 Å². The molecule has 5 nitrogen and oxygen atoms in total. The minimum absolute atomic E-state index is 0.300. The number of anilines is 1. The Hall–Kier alpha value is -1.14. The van der Waals surface area contributed by atoms with Crippen LogP contribution in [0, 0.1) is 0 Å². The number of aliphatic hydroxyl groups excluding tert-OH is 3. The maximum absolute atomic E-state index is 9.25. The highest BCUT2D eigenvalue weighted by molar-refractivity contribution is 5.48. The van der Waals surface area contributed by atoms with Crippen LogP contribution in [0.1, 0.15) is 18.4 Å². The SMILES string of the molecule is OCC(CO)(CO)NCc1ccc(N2CCCC2)cc1. The van der Waals surface area contributed by atoms with E-state index < -0.39 is 5.54 Å². The van der Waals surface area contributed by atoms with Gasteiger partial charge in [-0.3, -0.25) is 0 Å². The molecule has 0 unspecified atom stereocenters. The summed E-state index contributed by atoms with van der Waals surface area (Å²) in [6.45, 7) is 1.85. The van der Waals surface area contributed by atoms with Gasteiger partial charge in [0.1, 0.15) is 0 Å². The Morgan fingerprint density at radius 2 is 1.50 bits per heavy atom. The molecule has 1 fully saturated rings. The molecule has 0 saturated carbocycles. The van der Waals surface area contributed by atoms with Crippen molar-refractivity contribution < 1.29 is 15.3 Å². The molecule has 1 aliphatic rings. The Labute approximate surface area is 119 Å². The predicted molar refractivity (Wildman–Crippen MR) is 78.7 cm³/mol. The first kappa shape index (κ1) is 15.3. The highest BCUT2D eigenvalue weighted by atomic mass is 16.3. The maximum atomic E-state index is 9.25. The third-order valence-corrected chi connectivity index (χ3v) is 3.98. The van der Waals surface area contributed by atoms with E-state index in [0.717, 1.165) is 18.7 Å². The molecular weight excluding hydrogens is 256 g/mol. The van der Waals surface area contributed by atoms with Crippen LogP contribution in [0.3, 0.4) is 0 Å². The number of hydrogen-bond acceptors (Lipinski definition) is 5. The van der Waals surface area contributed by atoms with E-state index in [-0.39, 0.29) is 19.8 Å². The summed E-state index contributed by atoms with van der Waals surface area (Å²) in [4.78, 5) is 2.37. The summed E-state index contributed by atoms with van der Waals surface area (Å²) >= 11 is 0. The van der Waals surface area contributed by atoms with Crippen molar-refractivity contribution in [3.05, 3.63) is 29.8 Å². The second kappa shape index (κ2) is 7.04. The average molecular weight is 280 g/mol. The Balaban J connectivity index is 1.93. The van der Waals surface area contributed by atoms with Crippen molar-refractivity contribution in [1.29, 1.82) is 0 Å². The lowest BCUT2D eigenvalue weighted by Gasteiger charge is -2.29. The number of aliphatic hydroxyl groups is 3. The summed E-state index contributed by atoms with van der Waals surface area (Å²) < 4.78 is 0. The fraction of sp³-hybridized carbons (Fsp3) is 0.600. The van der Waals surface area contributed by atoms with Crippen molar-refractivity contribution in [3.63, 3.8) is 0 Å². The first-order chi connectivity index (χ1) is 9.73. The molecule has 0 radical (unpaired) electrons. The van der Waals surface area contributed by atoms with Crippen molar-refractivity contribution in [3.8, 4) is 0 Å². The second-order valence-corrected chi connectivity index (χ2v) is 5.47. The van der Waals surface area contributed by atoms with Crippen molar-refractivity contribution in [2.75, 3.05) is 37.8 Å². The van der Waals surface area contributed by atoms with Gasteiger partial charge >= 0.3 is 0 Å². The zero-order valence-corrected chi connectivity index (χ0v) is 11.8. The second-order valence-electron chi connectivity index (χ2n) is 5.47. The first-order valence-corrected chi connectivity index (χ1v) is 7.14. The lowest BCUT2D eigenvalue weighted by Crippen LogP contribution is -2.54. The Morgan fingerprint density at radius 3 is 2.00 bits per heavy atom. The molecule has 1 heterocycles. The minimum atomic E-state index is -1.02. The summed E-state index contributed by atoms with van der Waals surface area (Å²) in [6, 6.07) is 8.27. The molecule has 5 heteroatoms. The Bertz CT molecular complexity index is 390. The van der Waals surface area contributed by atoms with Gasteiger partial charge in [0.05, 0.1) is 25.4 Å². The monoisotopic (exact) mass is 280 g/mol. The van der Waals surface area contributed by atoms with Gasteiger partial charge in [-0.25, -0.2) is 0 Å². The van der Waals surface area contributed by atoms with E-state index >= 15 is 0 Å². The van der Waals surface area contributed by atoms with Gasteiger partial charge in [-0.05, 0) is 30.5 Å². The molecule has 112 valence electrons. The molecule has 1 aliphatic heterocycles. The molecule has 2 rings (SSSR count). The number of nitrogens with one attached hydrogen (secondary N) is 1. The average Bonchev–Trinajstić information content (AvgIpc) is 3.04. The summed E-state index contributed by atoms with van der Waals surface area (Å²) in [5.74, 6) is 0. The van der Waals surface area contributed by atoms with Crippen LogP contribution in [-0.4, -0.2) is 53.8 Å². The van der Waals surface area contributed by atoms with Crippen LogP contribution in [0.2, 0.25) is 0 Å². The molecule has 1 aromatic carbocycles. The molecule has 0 amide bonds. The largest absolute Gasteiger partial charge is 0.394 e. The molecule has 0 aromatic heterocycles. The van der Waals surface area contributed by atoms with Crippen LogP contribution in [0.25, 0.3) is 0 Å². The zero-order chi connectivity index (χ0) is 14.4. The summed E-state index contributed by atoms with van der Waals surface area (Å²) in [5.41, 5.74) is 1.28. The quantitative estimate of drug-likeness (QED) is 0.570. The van der Waals surface area contributed by atoms with Crippen molar-refractivity contribution in [2.45, 2.75) is 24.9 Å². The van der Waals surface area contributed by atoms with E-state index in [2.05, 4.69) is 22.3 Å². The highest BCUT2D eigenvalue weighted by Crippen LogP contribution is 2.20. The van der Waals surface area contributed by atoms with Gasteiger partial charge < -0.3 is 25.5 Å². The molecule has 4 N–H and O–H groups in total. The number of hydrogen-bond donors (Lipinski definition) is 4. The molecule has 1 saturated heterocycles. The molecular formula is C15H24N2O3. The van der Waals surface area contributed by atoms with Crippen LogP contribution >= 0.6 is 0 Å². The first-order valence-electron chi connectivity index (χ1n) is 7.14. The van der Waals surface area contributed by atoms with E-state index in [1.54, 1.807) is 0 Å². The van der Waals surface area contributed by atoms with E-state index in [1.807, 2.05) is 12.1 Å². The molecule has 0 spiro atoms. The lowest BCUT2D eigenvalue weighted by molar-refractivity contribution is 0.0414. The maximum Gasteiger partial charge on any atom is 0.0884 e. The molecule has 0 aliphatic carbocycles. The van der Waals surface area contributed by atoms with E-state index in [1.165, 1.54) is 18.5 Å². The third-order valence-electron chi connectivity index (χ3n) is 3.98. The molecule has 0 bridgehead atoms. The minimum Gasteiger partial charge on any atom is -0.394 e. The number of rotatable bonds is 7. The van der Waals surface area contributed by atoms with E-state index in [0.29, 0.717) is 6.54 Å². The van der Waals surface area contributed by atoms with Crippen LogP contribution in [-0.2, 0) is 6.54 Å². The Kier molecular flexibility index (Phi) is 5.37. The summed E-state index contributed by atoms with van der Waals surface area (Å²) in [6.07, 6.45) is 2.52. The van der Waals surface area contributed by atoms with Gasteiger partial charge in [0, 0.05) is 25.3 Å². The summed E-state index contributed by atoms with van der Waals surface area (Å²) in [7, 11) is 0. The van der Waals surface area contributed by atoms with Gasteiger partial charge in [-0.2, -0.15) is 0 Å². The molecule has 1 aromatic rings. The normalized spacial score (nSPS) is 15.8. The standard InChI is InChI=1S/C15H24N2O3/c18-10-15(11-19,12-20)16-9-13-3-5-14(6-4-13)17-7-1-2-8-17/h3-6,16,18-20H,1-2,7-12H2. The Morgan fingerprint density at radius 1 is 0.950 bits per heavy atom. The third kappa shape index (κ3) is 3.49. The fourth-order valence-corrected chi connectivity index (χ4v) is 2.41. The number of nitrogens with zero attached hydrogens (tertiary/aromatic N) is 1. The smallest absolute Gasteiger partial charge is 0.0884 e. The fourth-order valence-electron chi connectivity index (χ4n) is 2.41. The van der Waals surface area contributed by atoms with E-state index in [9.17, 15) is 15.3 Å². The highest BCUT2D eigenvalue weighted by Gasteiger charge is 2.26. The van der Waals surface area contributed by atoms with E-state index in [4.69, 9.17) is 0 Å². The van der Waals surface area contributed by atoms with Gasteiger partial charge in [-0.15, -0.1) is 0 Å². The van der Waals surface area contributed by atoms with Gasteiger partial charge in [-0.1, -0.05) is 12.1 Å².